The fourth-order valence-corrected chi connectivity index (χ4v) is 4.91. The van der Waals surface area contributed by atoms with Gasteiger partial charge in [-0.15, -0.1) is 11.3 Å². The van der Waals surface area contributed by atoms with Crippen LogP contribution < -0.4 is 10.9 Å². The number of fused-ring (bicyclic) bond motifs is 2. The summed E-state index contributed by atoms with van der Waals surface area (Å²) in [5.41, 5.74) is 0.964. The molecular weight excluding hydrogens is 388 g/mol. The molecule has 0 fully saturated rings. The Morgan fingerprint density at radius 3 is 2.72 bits per heavy atom. The monoisotopic (exact) mass is 410 g/mol. The Balaban J connectivity index is 1.71. The molecule has 29 heavy (non-hydrogen) atoms. The van der Waals surface area contributed by atoms with Gasteiger partial charge in [-0.25, -0.2) is 4.68 Å². The van der Waals surface area contributed by atoms with E-state index < -0.39 is 5.91 Å². The van der Waals surface area contributed by atoms with Gasteiger partial charge in [-0.05, 0) is 35.9 Å². The SMILES string of the molecule is CCC1c2ccsc2CCN1C(=O)Cn1nc(C(=O)NC)c2ccccc2c1=O. The molecule has 2 amide bonds. The standard InChI is InChI=1S/C21H22N4O3S/c1-3-16-15-9-11-29-17(15)8-10-24(16)18(26)12-25-21(28)14-7-5-4-6-13(14)19(23-25)20(27)22-2/h4-7,9,11,16H,3,8,10,12H2,1-2H3,(H,22,27). The molecule has 7 nitrogen and oxygen atoms in total. The van der Waals surface area contributed by atoms with Crippen molar-refractivity contribution in [2.75, 3.05) is 13.6 Å². The normalized spacial score (nSPS) is 15.9. The first-order chi connectivity index (χ1) is 14.0. The van der Waals surface area contributed by atoms with Crippen molar-refractivity contribution in [2.45, 2.75) is 32.4 Å². The van der Waals surface area contributed by atoms with E-state index in [-0.39, 0.29) is 29.7 Å². The summed E-state index contributed by atoms with van der Waals surface area (Å²) in [5, 5.41) is 9.70. The molecule has 1 N–H and O–H groups in total. The Morgan fingerprint density at radius 2 is 2.00 bits per heavy atom. The van der Waals surface area contributed by atoms with Gasteiger partial charge in [-0.2, -0.15) is 5.10 Å². The van der Waals surface area contributed by atoms with Crippen LogP contribution in [0, 0.1) is 0 Å². The Labute approximate surface area is 172 Å². The van der Waals surface area contributed by atoms with Gasteiger partial charge in [-0.3, -0.25) is 14.4 Å². The molecule has 0 bridgehead atoms. The fourth-order valence-electron chi connectivity index (χ4n) is 3.98. The van der Waals surface area contributed by atoms with Crippen molar-refractivity contribution in [3.05, 3.63) is 62.2 Å². The first-order valence-corrected chi connectivity index (χ1v) is 10.5. The third kappa shape index (κ3) is 3.33. The van der Waals surface area contributed by atoms with Gasteiger partial charge in [0.05, 0.1) is 11.4 Å². The van der Waals surface area contributed by atoms with E-state index in [1.54, 1.807) is 35.6 Å². The number of carbonyl (C=O) groups excluding carboxylic acids is 2. The third-order valence-corrected chi connectivity index (χ3v) is 6.39. The van der Waals surface area contributed by atoms with E-state index in [2.05, 4.69) is 28.8 Å². The first-order valence-electron chi connectivity index (χ1n) is 9.62. The highest BCUT2D eigenvalue weighted by atomic mass is 32.1. The van der Waals surface area contributed by atoms with Crippen LogP contribution in [0.5, 0.6) is 0 Å². The Kier molecular flexibility index (Phi) is 5.19. The molecule has 1 atom stereocenters. The minimum Gasteiger partial charge on any atom is -0.354 e. The summed E-state index contributed by atoms with van der Waals surface area (Å²) in [4.78, 5) is 41.5. The van der Waals surface area contributed by atoms with E-state index >= 15 is 0 Å². The summed E-state index contributed by atoms with van der Waals surface area (Å²) in [6, 6.07) is 8.92. The number of hydrogen-bond acceptors (Lipinski definition) is 5. The summed E-state index contributed by atoms with van der Waals surface area (Å²) >= 11 is 1.72. The van der Waals surface area contributed by atoms with Crippen molar-refractivity contribution in [3.63, 3.8) is 0 Å². The van der Waals surface area contributed by atoms with E-state index in [1.165, 1.54) is 17.5 Å². The molecule has 3 aromatic rings. The van der Waals surface area contributed by atoms with Gasteiger partial charge in [0, 0.05) is 23.9 Å². The van der Waals surface area contributed by atoms with Crippen molar-refractivity contribution in [3.8, 4) is 0 Å². The predicted molar refractivity (Wildman–Crippen MR) is 112 cm³/mol. The highest BCUT2D eigenvalue weighted by Crippen LogP contribution is 2.35. The van der Waals surface area contributed by atoms with Gasteiger partial charge in [0.25, 0.3) is 11.5 Å². The summed E-state index contributed by atoms with van der Waals surface area (Å²) in [7, 11) is 1.51. The quantitative estimate of drug-likeness (QED) is 0.716. The zero-order chi connectivity index (χ0) is 20.5. The van der Waals surface area contributed by atoms with Crippen LogP contribution in [-0.2, 0) is 17.8 Å². The summed E-state index contributed by atoms with van der Waals surface area (Å²) in [6.07, 6.45) is 1.62. The molecule has 1 aliphatic heterocycles. The van der Waals surface area contributed by atoms with Gasteiger partial charge >= 0.3 is 0 Å². The van der Waals surface area contributed by atoms with E-state index in [0.717, 1.165) is 17.5 Å². The molecule has 0 saturated heterocycles. The second kappa shape index (κ2) is 7.79. The van der Waals surface area contributed by atoms with E-state index in [0.29, 0.717) is 17.3 Å². The Morgan fingerprint density at radius 1 is 1.24 bits per heavy atom. The molecular formula is C21H22N4O3S. The number of nitrogens with one attached hydrogen (secondary N) is 1. The van der Waals surface area contributed by atoms with Gasteiger partial charge in [-0.1, -0.05) is 25.1 Å². The molecule has 1 unspecified atom stereocenters. The van der Waals surface area contributed by atoms with Crippen LogP contribution in [0.2, 0.25) is 0 Å². The maximum atomic E-state index is 13.1. The molecule has 8 heteroatoms. The molecule has 1 aliphatic rings. The van der Waals surface area contributed by atoms with Crippen LogP contribution in [0.25, 0.3) is 10.8 Å². The van der Waals surface area contributed by atoms with Crippen LogP contribution >= 0.6 is 11.3 Å². The Hall–Kier alpha value is -3.00. The maximum absolute atomic E-state index is 13.1. The number of thiophene rings is 1. The maximum Gasteiger partial charge on any atom is 0.275 e. The molecule has 0 saturated carbocycles. The van der Waals surface area contributed by atoms with Gasteiger partial charge in [0.1, 0.15) is 6.54 Å². The highest BCUT2D eigenvalue weighted by Gasteiger charge is 2.31. The predicted octanol–water partition coefficient (Wildman–Crippen LogP) is 2.35. The molecule has 3 heterocycles. The lowest BCUT2D eigenvalue weighted by Gasteiger charge is -2.35. The minimum absolute atomic E-state index is 0.00655. The van der Waals surface area contributed by atoms with E-state index in [1.807, 2.05) is 4.90 Å². The number of amides is 2. The second-order valence-corrected chi connectivity index (χ2v) is 8.00. The van der Waals surface area contributed by atoms with Crippen molar-refractivity contribution in [1.29, 1.82) is 0 Å². The topological polar surface area (TPSA) is 84.3 Å². The van der Waals surface area contributed by atoms with E-state index in [9.17, 15) is 14.4 Å². The van der Waals surface area contributed by atoms with Gasteiger partial charge < -0.3 is 10.2 Å². The van der Waals surface area contributed by atoms with Crippen LogP contribution in [0.3, 0.4) is 0 Å². The Bertz CT molecular complexity index is 1150. The lowest BCUT2D eigenvalue weighted by molar-refractivity contribution is -0.135. The number of nitrogens with zero attached hydrogens (tertiary/aromatic N) is 3. The smallest absolute Gasteiger partial charge is 0.275 e. The lowest BCUT2D eigenvalue weighted by Crippen LogP contribution is -2.43. The average molecular weight is 410 g/mol. The minimum atomic E-state index is -0.394. The van der Waals surface area contributed by atoms with Crippen LogP contribution in [0.1, 0.15) is 40.3 Å². The average Bonchev–Trinajstić information content (AvgIpc) is 3.23. The summed E-state index contributed by atoms with van der Waals surface area (Å²) in [6.45, 7) is 2.49. The molecule has 0 radical (unpaired) electrons. The fraction of sp³-hybridized carbons (Fsp3) is 0.333. The highest BCUT2D eigenvalue weighted by molar-refractivity contribution is 7.10. The molecule has 2 aromatic heterocycles. The zero-order valence-electron chi connectivity index (χ0n) is 16.3. The van der Waals surface area contributed by atoms with Gasteiger partial charge in [0.15, 0.2) is 5.69 Å². The molecule has 4 rings (SSSR count). The molecule has 150 valence electrons. The van der Waals surface area contributed by atoms with Crippen molar-refractivity contribution in [2.24, 2.45) is 0 Å². The number of rotatable bonds is 4. The first kappa shape index (κ1) is 19.3. The molecule has 0 aliphatic carbocycles. The number of hydrogen-bond donors (Lipinski definition) is 1. The largest absolute Gasteiger partial charge is 0.354 e. The van der Waals surface area contributed by atoms with E-state index in [4.69, 9.17) is 0 Å². The van der Waals surface area contributed by atoms with Crippen molar-refractivity contribution >= 4 is 33.9 Å². The van der Waals surface area contributed by atoms with Crippen LogP contribution in [0.4, 0.5) is 0 Å². The van der Waals surface area contributed by atoms with Crippen LogP contribution in [-0.4, -0.2) is 40.1 Å². The second-order valence-electron chi connectivity index (χ2n) is 7.00. The molecule has 1 aromatic carbocycles. The summed E-state index contributed by atoms with van der Waals surface area (Å²) < 4.78 is 1.12. The number of carbonyl (C=O) groups is 2. The lowest BCUT2D eigenvalue weighted by atomic mass is 9.98. The van der Waals surface area contributed by atoms with Crippen LogP contribution in [0.15, 0.2) is 40.5 Å². The third-order valence-electron chi connectivity index (χ3n) is 5.40. The zero-order valence-corrected chi connectivity index (χ0v) is 17.2. The van der Waals surface area contributed by atoms with Crippen molar-refractivity contribution in [1.82, 2.24) is 20.0 Å². The van der Waals surface area contributed by atoms with Crippen molar-refractivity contribution < 1.29 is 9.59 Å². The number of benzene rings is 1. The van der Waals surface area contributed by atoms with Gasteiger partial charge in [0.2, 0.25) is 5.91 Å². The molecule has 0 spiro atoms. The number of aromatic nitrogens is 2. The summed E-state index contributed by atoms with van der Waals surface area (Å²) in [5.74, 6) is -0.559.